The van der Waals surface area contributed by atoms with Gasteiger partial charge in [0.25, 0.3) is 5.91 Å². The monoisotopic (exact) mass is 342 g/mol. The van der Waals surface area contributed by atoms with Crippen LogP contribution in [0.2, 0.25) is 0 Å². The van der Waals surface area contributed by atoms with Crippen LogP contribution in [-0.2, 0) is 0 Å². The fourth-order valence-electron chi connectivity index (χ4n) is 1.99. The van der Waals surface area contributed by atoms with Gasteiger partial charge in [0, 0.05) is 11.6 Å². The first-order valence-electron chi connectivity index (χ1n) is 6.90. The van der Waals surface area contributed by atoms with Crippen LogP contribution < -0.4 is 5.32 Å². The molecule has 0 aliphatic rings. The van der Waals surface area contributed by atoms with E-state index < -0.39 is 0 Å². The summed E-state index contributed by atoms with van der Waals surface area (Å²) in [6, 6.07) is 11.3. The summed E-state index contributed by atoms with van der Waals surface area (Å²) in [5.41, 5.74) is 2.39. The van der Waals surface area contributed by atoms with Crippen LogP contribution in [0.1, 0.15) is 26.6 Å². The lowest BCUT2D eigenvalue weighted by Crippen LogP contribution is -2.21. The molecule has 0 spiro atoms. The summed E-state index contributed by atoms with van der Waals surface area (Å²) in [5.74, 6) is 0.390. The van der Waals surface area contributed by atoms with Crippen molar-refractivity contribution in [1.29, 1.82) is 0 Å². The molecule has 0 fully saturated rings. The highest BCUT2D eigenvalue weighted by molar-refractivity contribution is 7.71. The van der Waals surface area contributed by atoms with Crippen LogP contribution in [-0.4, -0.2) is 21.1 Å². The molecular weight excluding hydrogens is 328 g/mol. The minimum Gasteiger partial charge on any atom is -0.321 e. The fourth-order valence-corrected chi connectivity index (χ4v) is 2.84. The number of carbonyl (C=O) groups is 1. The molecule has 1 amide bonds. The van der Waals surface area contributed by atoms with Crippen LogP contribution in [0.25, 0.3) is 11.8 Å². The third-order valence-corrected chi connectivity index (χ3v) is 4.25. The van der Waals surface area contributed by atoms with Crippen LogP contribution in [0.5, 0.6) is 0 Å². The predicted octanol–water partition coefficient (Wildman–Crippen LogP) is 3.77. The van der Waals surface area contributed by atoms with Gasteiger partial charge in [-0.1, -0.05) is 23.8 Å². The van der Waals surface area contributed by atoms with Crippen molar-refractivity contribution in [2.75, 3.05) is 0 Å². The molecule has 23 heavy (non-hydrogen) atoms. The van der Waals surface area contributed by atoms with Gasteiger partial charge in [0.05, 0.1) is 10.6 Å². The highest BCUT2D eigenvalue weighted by Crippen LogP contribution is 2.20. The molecule has 1 aromatic carbocycles. The Morgan fingerprint density at radius 3 is 2.65 bits per heavy atom. The Balaban J connectivity index is 1.90. The minimum atomic E-state index is -0.168. The number of aryl methyl sites for hydroxylation is 1. The van der Waals surface area contributed by atoms with Gasteiger partial charge in [-0.25, -0.2) is 4.98 Å². The second-order valence-corrected chi connectivity index (χ2v) is 6.24. The second kappa shape index (κ2) is 6.72. The normalized spacial score (nSPS) is 11.4. The van der Waals surface area contributed by atoms with Crippen molar-refractivity contribution < 1.29 is 4.79 Å². The van der Waals surface area contributed by atoms with E-state index in [1.165, 1.54) is 11.3 Å². The summed E-state index contributed by atoms with van der Waals surface area (Å²) in [4.78, 5) is 17.5. The van der Waals surface area contributed by atoms with Gasteiger partial charge in [-0.05, 0) is 42.7 Å². The molecule has 0 saturated heterocycles. The number of aromatic nitrogens is 3. The van der Waals surface area contributed by atoms with Crippen LogP contribution in [0.15, 0.2) is 41.8 Å². The summed E-state index contributed by atoms with van der Waals surface area (Å²) in [6.07, 6.45) is 1.75. The molecule has 0 atom stereocenters. The third kappa shape index (κ3) is 3.82. The lowest BCUT2D eigenvalue weighted by Gasteiger charge is -2.08. The fraction of sp³-hybridized carbons (Fsp3) is 0.0625. The average molecular weight is 342 g/mol. The van der Waals surface area contributed by atoms with Gasteiger partial charge in [-0.3, -0.25) is 15.0 Å². The average Bonchev–Trinajstić information content (AvgIpc) is 3.19. The van der Waals surface area contributed by atoms with Crippen molar-refractivity contribution in [3.63, 3.8) is 0 Å². The maximum atomic E-state index is 12.5. The molecule has 2 heterocycles. The summed E-state index contributed by atoms with van der Waals surface area (Å²) in [6.45, 7) is 1.98. The van der Waals surface area contributed by atoms with E-state index >= 15 is 0 Å². The van der Waals surface area contributed by atoms with E-state index in [0.29, 0.717) is 21.9 Å². The Hall–Kier alpha value is -2.51. The predicted molar refractivity (Wildman–Crippen MR) is 94.6 cm³/mol. The van der Waals surface area contributed by atoms with Crippen molar-refractivity contribution in [2.24, 2.45) is 0 Å². The standard InChI is InChI=1S/C16H14N4OS2/c1-10-4-6-11(7-5-10)15(21)17-12(13-3-2-8-23-13)9-14-18-16(22)20-19-14/h2-9H,1H3,(H,17,21)(H2,18,19,20,22). The molecule has 5 nitrogen and oxygen atoms in total. The highest BCUT2D eigenvalue weighted by atomic mass is 32.1. The molecule has 0 aliphatic heterocycles. The Labute approximate surface area is 142 Å². The van der Waals surface area contributed by atoms with Crippen molar-refractivity contribution >= 4 is 41.2 Å². The van der Waals surface area contributed by atoms with Crippen LogP contribution in [0.3, 0.4) is 0 Å². The maximum absolute atomic E-state index is 12.5. The Kier molecular flexibility index (Phi) is 4.50. The molecule has 3 aromatic rings. The molecule has 0 saturated carbocycles. The van der Waals surface area contributed by atoms with Gasteiger partial charge in [0.15, 0.2) is 0 Å². The van der Waals surface area contributed by atoms with E-state index in [-0.39, 0.29) is 5.91 Å². The molecule has 0 unspecified atom stereocenters. The zero-order chi connectivity index (χ0) is 16.2. The molecule has 0 radical (unpaired) electrons. The highest BCUT2D eigenvalue weighted by Gasteiger charge is 2.11. The first kappa shape index (κ1) is 15.4. The summed E-state index contributed by atoms with van der Waals surface area (Å²) in [5, 5.41) is 10.5. The number of thiophene rings is 1. The van der Waals surface area contributed by atoms with Gasteiger partial charge in [0.1, 0.15) is 5.82 Å². The van der Waals surface area contributed by atoms with E-state index in [4.69, 9.17) is 12.2 Å². The lowest BCUT2D eigenvalue weighted by atomic mass is 10.1. The minimum absolute atomic E-state index is 0.168. The molecule has 2 aromatic heterocycles. The van der Waals surface area contributed by atoms with Crippen molar-refractivity contribution in [2.45, 2.75) is 6.92 Å². The smallest absolute Gasteiger partial charge is 0.255 e. The van der Waals surface area contributed by atoms with E-state index in [0.717, 1.165) is 10.4 Å². The van der Waals surface area contributed by atoms with E-state index in [1.807, 2.05) is 36.6 Å². The molecular formula is C16H14N4OS2. The van der Waals surface area contributed by atoms with Crippen molar-refractivity contribution in [1.82, 2.24) is 20.5 Å². The Morgan fingerprint density at radius 2 is 2.04 bits per heavy atom. The molecule has 0 bridgehead atoms. The number of nitrogens with one attached hydrogen (secondary N) is 3. The number of hydrogen-bond acceptors (Lipinski definition) is 4. The number of aromatic amines is 2. The van der Waals surface area contributed by atoms with E-state index in [9.17, 15) is 4.79 Å². The molecule has 3 N–H and O–H groups in total. The summed E-state index contributed by atoms with van der Waals surface area (Å²) >= 11 is 6.49. The van der Waals surface area contributed by atoms with Crippen molar-refractivity contribution in [3.8, 4) is 0 Å². The van der Waals surface area contributed by atoms with Gasteiger partial charge >= 0.3 is 0 Å². The molecule has 3 rings (SSSR count). The number of amides is 1. The third-order valence-electron chi connectivity index (χ3n) is 3.15. The first-order valence-corrected chi connectivity index (χ1v) is 8.19. The first-order chi connectivity index (χ1) is 11.1. The van der Waals surface area contributed by atoms with E-state index in [2.05, 4.69) is 20.5 Å². The Morgan fingerprint density at radius 1 is 1.26 bits per heavy atom. The molecule has 7 heteroatoms. The van der Waals surface area contributed by atoms with Gasteiger partial charge in [-0.15, -0.1) is 11.3 Å². The van der Waals surface area contributed by atoms with Crippen LogP contribution >= 0.6 is 23.6 Å². The number of rotatable bonds is 4. The number of carbonyl (C=O) groups excluding carboxylic acids is 1. The second-order valence-electron chi connectivity index (χ2n) is 4.91. The Bertz CT molecular complexity index is 889. The van der Waals surface area contributed by atoms with Crippen LogP contribution in [0, 0.1) is 11.7 Å². The number of H-pyrrole nitrogens is 2. The lowest BCUT2D eigenvalue weighted by molar-refractivity contribution is 0.0974. The summed E-state index contributed by atoms with van der Waals surface area (Å²) < 4.78 is 0.367. The molecule has 116 valence electrons. The van der Waals surface area contributed by atoms with E-state index in [1.54, 1.807) is 18.2 Å². The quantitative estimate of drug-likeness (QED) is 0.632. The largest absolute Gasteiger partial charge is 0.321 e. The topological polar surface area (TPSA) is 73.6 Å². The SMILES string of the molecule is Cc1ccc(C(=O)NC(=Cc2nc(=S)[nH][nH]2)c2cccs2)cc1. The zero-order valence-corrected chi connectivity index (χ0v) is 13.9. The van der Waals surface area contributed by atoms with Gasteiger partial charge < -0.3 is 5.32 Å². The van der Waals surface area contributed by atoms with Crippen molar-refractivity contribution in [3.05, 3.63) is 68.4 Å². The van der Waals surface area contributed by atoms with Crippen LogP contribution in [0.4, 0.5) is 0 Å². The molecule has 0 aliphatic carbocycles. The number of hydrogen-bond donors (Lipinski definition) is 3. The van der Waals surface area contributed by atoms with Gasteiger partial charge in [0.2, 0.25) is 4.77 Å². The van der Waals surface area contributed by atoms with Gasteiger partial charge in [-0.2, -0.15) is 0 Å². The summed E-state index contributed by atoms with van der Waals surface area (Å²) in [7, 11) is 0. The maximum Gasteiger partial charge on any atom is 0.255 e. The number of benzene rings is 1. The number of nitrogens with zero attached hydrogens (tertiary/aromatic N) is 1. The zero-order valence-electron chi connectivity index (χ0n) is 12.3.